The molecule has 0 bridgehead atoms. The highest BCUT2D eigenvalue weighted by molar-refractivity contribution is 5.79. The Labute approximate surface area is 105 Å². The van der Waals surface area contributed by atoms with Crippen LogP contribution in [0.15, 0.2) is 0 Å². The molecule has 0 aromatic rings. The van der Waals surface area contributed by atoms with Crippen molar-refractivity contribution in [3.8, 4) is 0 Å². The zero-order valence-corrected chi connectivity index (χ0v) is 11.5. The van der Waals surface area contributed by atoms with E-state index in [0.717, 1.165) is 32.4 Å². The first kappa shape index (κ1) is 13.0. The molecule has 0 spiro atoms. The second kappa shape index (κ2) is 4.69. The van der Waals surface area contributed by atoms with Crippen molar-refractivity contribution in [2.75, 3.05) is 13.2 Å². The molecule has 17 heavy (non-hydrogen) atoms. The second-order valence-electron chi connectivity index (χ2n) is 6.10. The second-order valence-corrected chi connectivity index (χ2v) is 6.10. The number of Topliss-reactive ketones (excluding diaryl/α,β-unsaturated/α-hetero) is 1. The van der Waals surface area contributed by atoms with Crippen molar-refractivity contribution >= 4 is 5.78 Å². The summed E-state index contributed by atoms with van der Waals surface area (Å²) in [7, 11) is 0. The molecule has 0 amide bonds. The van der Waals surface area contributed by atoms with Gasteiger partial charge in [0.2, 0.25) is 0 Å². The predicted molar refractivity (Wildman–Crippen MR) is 68.0 cm³/mol. The number of carbonyl (C=O) groups is 1. The first-order valence-corrected chi connectivity index (χ1v) is 6.85. The molecular formula is C14H25NO2. The molecule has 3 atom stereocenters. The fourth-order valence-electron chi connectivity index (χ4n) is 3.40. The summed E-state index contributed by atoms with van der Waals surface area (Å²) in [6.45, 7) is 10.6. The monoisotopic (exact) mass is 239 g/mol. The molecule has 0 aromatic heterocycles. The topological polar surface area (TPSA) is 29.5 Å². The van der Waals surface area contributed by atoms with E-state index in [0.29, 0.717) is 24.0 Å². The van der Waals surface area contributed by atoms with Crippen LogP contribution < -0.4 is 0 Å². The number of ether oxygens (including phenoxy) is 1. The largest absolute Gasteiger partial charge is 0.378 e. The van der Waals surface area contributed by atoms with Gasteiger partial charge in [0.15, 0.2) is 0 Å². The van der Waals surface area contributed by atoms with Crippen LogP contribution in [0.2, 0.25) is 0 Å². The summed E-state index contributed by atoms with van der Waals surface area (Å²) in [5.41, 5.74) is 0.227. The Morgan fingerprint density at radius 3 is 2.71 bits per heavy atom. The summed E-state index contributed by atoms with van der Waals surface area (Å²) >= 11 is 0. The van der Waals surface area contributed by atoms with Gasteiger partial charge in [-0.2, -0.15) is 0 Å². The van der Waals surface area contributed by atoms with E-state index in [1.54, 1.807) is 0 Å². The molecule has 0 radical (unpaired) electrons. The molecule has 2 rings (SSSR count). The van der Waals surface area contributed by atoms with Crippen LogP contribution in [0.3, 0.4) is 0 Å². The molecule has 3 nitrogen and oxygen atoms in total. The van der Waals surface area contributed by atoms with Crippen molar-refractivity contribution in [1.82, 2.24) is 4.90 Å². The van der Waals surface area contributed by atoms with Crippen molar-refractivity contribution in [2.24, 2.45) is 5.41 Å². The standard InChI is InChI=1S/C14H25NO2/c1-5-17-13-9-12(14(13,3)4)15-7-6-11(16)8-10(15)2/h10,12-13H,5-9H2,1-4H3. The summed E-state index contributed by atoms with van der Waals surface area (Å²) in [4.78, 5) is 13.9. The lowest BCUT2D eigenvalue weighted by Gasteiger charge is -2.58. The van der Waals surface area contributed by atoms with Gasteiger partial charge >= 0.3 is 0 Å². The van der Waals surface area contributed by atoms with Crippen LogP contribution in [0, 0.1) is 5.41 Å². The van der Waals surface area contributed by atoms with Crippen molar-refractivity contribution in [2.45, 2.75) is 65.1 Å². The zero-order valence-electron chi connectivity index (χ0n) is 11.5. The van der Waals surface area contributed by atoms with Crippen molar-refractivity contribution in [3.05, 3.63) is 0 Å². The predicted octanol–water partition coefficient (Wildman–Crippen LogP) is 2.24. The molecule has 1 saturated carbocycles. The van der Waals surface area contributed by atoms with Gasteiger partial charge in [0, 0.05) is 43.5 Å². The number of nitrogens with zero attached hydrogens (tertiary/aromatic N) is 1. The minimum Gasteiger partial charge on any atom is -0.378 e. The van der Waals surface area contributed by atoms with Crippen LogP contribution in [0.25, 0.3) is 0 Å². The average molecular weight is 239 g/mol. The zero-order chi connectivity index (χ0) is 12.6. The third kappa shape index (κ3) is 2.27. The molecule has 1 aliphatic heterocycles. The molecule has 98 valence electrons. The Kier molecular flexibility index (Phi) is 3.60. The van der Waals surface area contributed by atoms with Crippen LogP contribution >= 0.6 is 0 Å². The van der Waals surface area contributed by atoms with E-state index in [9.17, 15) is 4.79 Å². The molecule has 3 unspecified atom stereocenters. The molecular weight excluding hydrogens is 214 g/mol. The minimum atomic E-state index is 0.227. The quantitative estimate of drug-likeness (QED) is 0.756. The van der Waals surface area contributed by atoms with Crippen LogP contribution in [0.4, 0.5) is 0 Å². The minimum absolute atomic E-state index is 0.227. The molecule has 1 aliphatic carbocycles. The van der Waals surface area contributed by atoms with E-state index >= 15 is 0 Å². The van der Waals surface area contributed by atoms with Gasteiger partial charge < -0.3 is 4.74 Å². The molecule has 0 N–H and O–H groups in total. The fourth-order valence-corrected chi connectivity index (χ4v) is 3.40. The molecule has 2 aliphatic rings. The normalized spacial score (nSPS) is 37.9. The van der Waals surface area contributed by atoms with E-state index < -0.39 is 0 Å². The number of hydrogen-bond acceptors (Lipinski definition) is 3. The number of likely N-dealkylation sites (tertiary alicyclic amines) is 1. The number of carbonyl (C=O) groups excluding carboxylic acids is 1. The third-order valence-electron chi connectivity index (χ3n) is 4.63. The van der Waals surface area contributed by atoms with Gasteiger partial charge in [0.25, 0.3) is 0 Å². The first-order valence-electron chi connectivity index (χ1n) is 6.85. The van der Waals surface area contributed by atoms with Crippen molar-refractivity contribution < 1.29 is 9.53 Å². The lowest BCUT2D eigenvalue weighted by Crippen LogP contribution is -2.65. The van der Waals surface area contributed by atoms with E-state index in [-0.39, 0.29) is 5.41 Å². The van der Waals surface area contributed by atoms with E-state index in [1.807, 2.05) is 0 Å². The summed E-state index contributed by atoms with van der Waals surface area (Å²) in [5.74, 6) is 0.423. The maximum atomic E-state index is 11.4. The average Bonchev–Trinajstić information content (AvgIpc) is 2.25. The van der Waals surface area contributed by atoms with E-state index in [1.165, 1.54) is 0 Å². The van der Waals surface area contributed by atoms with Crippen molar-refractivity contribution in [3.63, 3.8) is 0 Å². The summed E-state index contributed by atoms with van der Waals surface area (Å²) in [6, 6.07) is 0.991. The molecule has 0 aromatic carbocycles. The number of ketones is 1. The molecule has 3 heteroatoms. The molecule has 1 heterocycles. The highest BCUT2D eigenvalue weighted by atomic mass is 16.5. The Bertz CT molecular complexity index is 301. The van der Waals surface area contributed by atoms with Crippen LogP contribution in [-0.2, 0) is 9.53 Å². The van der Waals surface area contributed by atoms with Crippen LogP contribution in [0.1, 0.15) is 47.0 Å². The highest BCUT2D eigenvalue weighted by Crippen LogP contribution is 2.47. The number of hydrogen-bond donors (Lipinski definition) is 0. The Balaban J connectivity index is 1.98. The molecule has 1 saturated heterocycles. The maximum absolute atomic E-state index is 11.4. The lowest BCUT2D eigenvalue weighted by atomic mass is 9.63. The van der Waals surface area contributed by atoms with Crippen LogP contribution in [0.5, 0.6) is 0 Å². The molecule has 2 fully saturated rings. The van der Waals surface area contributed by atoms with Gasteiger partial charge in [-0.05, 0) is 20.3 Å². The van der Waals surface area contributed by atoms with Gasteiger partial charge in [0.1, 0.15) is 5.78 Å². The van der Waals surface area contributed by atoms with E-state index in [2.05, 4.69) is 32.6 Å². The number of rotatable bonds is 3. The highest BCUT2D eigenvalue weighted by Gasteiger charge is 2.52. The van der Waals surface area contributed by atoms with Gasteiger partial charge in [-0.3, -0.25) is 9.69 Å². The lowest BCUT2D eigenvalue weighted by molar-refractivity contribution is -0.163. The third-order valence-corrected chi connectivity index (χ3v) is 4.63. The van der Waals surface area contributed by atoms with Gasteiger partial charge in [-0.1, -0.05) is 13.8 Å². The van der Waals surface area contributed by atoms with Crippen molar-refractivity contribution in [1.29, 1.82) is 0 Å². The smallest absolute Gasteiger partial charge is 0.135 e. The van der Waals surface area contributed by atoms with Gasteiger partial charge in [0.05, 0.1) is 6.10 Å². The summed E-state index contributed by atoms with van der Waals surface area (Å²) in [6.07, 6.45) is 2.98. The Hall–Kier alpha value is -0.410. The Morgan fingerprint density at radius 2 is 2.18 bits per heavy atom. The van der Waals surface area contributed by atoms with Gasteiger partial charge in [-0.25, -0.2) is 0 Å². The maximum Gasteiger partial charge on any atom is 0.135 e. The van der Waals surface area contributed by atoms with Gasteiger partial charge in [-0.15, -0.1) is 0 Å². The number of piperidine rings is 1. The van der Waals surface area contributed by atoms with Crippen LogP contribution in [-0.4, -0.2) is 42.0 Å². The summed E-state index contributed by atoms with van der Waals surface area (Å²) < 4.78 is 5.78. The Morgan fingerprint density at radius 1 is 1.47 bits per heavy atom. The first-order chi connectivity index (χ1) is 7.96. The fraction of sp³-hybridized carbons (Fsp3) is 0.929. The van der Waals surface area contributed by atoms with E-state index in [4.69, 9.17) is 4.74 Å². The summed E-state index contributed by atoms with van der Waals surface area (Å²) in [5, 5.41) is 0. The SMILES string of the molecule is CCOC1CC(N2CCC(=O)CC2C)C1(C)C.